The summed E-state index contributed by atoms with van der Waals surface area (Å²) in [5, 5.41) is 2.70. The van der Waals surface area contributed by atoms with Crippen molar-refractivity contribution in [3.8, 4) is 0 Å². The summed E-state index contributed by atoms with van der Waals surface area (Å²) in [6, 6.07) is 4.36. The van der Waals surface area contributed by atoms with Gasteiger partial charge in [0.05, 0.1) is 18.0 Å². The second kappa shape index (κ2) is 8.79. The molecule has 0 atom stereocenters. The van der Waals surface area contributed by atoms with Gasteiger partial charge in [-0.1, -0.05) is 19.3 Å². The Hall–Kier alpha value is -2.00. The van der Waals surface area contributed by atoms with E-state index < -0.39 is 39.8 Å². The zero-order valence-electron chi connectivity index (χ0n) is 15.5. The second-order valence-corrected chi connectivity index (χ2v) is 8.67. The van der Waals surface area contributed by atoms with Gasteiger partial charge in [0.15, 0.2) is 0 Å². The quantitative estimate of drug-likeness (QED) is 0.705. The molecule has 0 spiro atoms. The van der Waals surface area contributed by atoms with Gasteiger partial charge < -0.3 is 10.1 Å². The van der Waals surface area contributed by atoms with Crippen molar-refractivity contribution in [2.75, 3.05) is 20.2 Å². The van der Waals surface area contributed by atoms with Crippen LogP contribution in [0.1, 0.15) is 39.0 Å². The predicted molar refractivity (Wildman–Crippen MR) is 96.8 cm³/mol. The molecular weight excluding hydrogens is 375 g/mol. The number of esters is 1. The maximum absolute atomic E-state index is 13.0. The topological polar surface area (TPSA) is 92.8 Å². The molecule has 1 aromatic carbocycles. The van der Waals surface area contributed by atoms with Gasteiger partial charge in [0.1, 0.15) is 11.4 Å². The van der Waals surface area contributed by atoms with E-state index in [0.717, 1.165) is 47.8 Å². The molecule has 9 heteroatoms. The summed E-state index contributed by atoms with van der Waals surface area (Å²) in [6.07, 6.45) is 3.46. The zero-order valence-corrected chi connectivity index (χ0v) is 16.4. The number of halogens is 1. The minimum atomic E-state index is -3.95. The Bertz CT molecular complexity index is 773. The maximum Gasteiger partial charge on any atom is 0.331 e. The molecule has 1 amide bonds. The first-order chi connectivity index (χ1) is 12.7. The average molecular weight is 400 g/mol. The number of carbonyl (C=O) groups is 2. The summed E-state index contributed by atoms with van der Waals surface area (Å²) in [5.41, 5.74) is -1.11. The van der Waals surface area contributed by atoms with Crippen molar-refractivity contribution in [1.82, 2.24) is 9.62 Å². The lowest BCUT2D eigenvalue weighted by molar-refractivity contribution is -0.155. The van der Waals surface area contributed by atoms with Crippen LogP contribution in [0.5, 0.6) is 0 Å². The Balaban J connectivity index is 2.10. The number of likely N-dealkylation sites (N-methyl/N-ethyl adjacent to an activating group) is 1. The number of nitrogens with one attached hydrogen (secondary N) is 1. The van der Waals surface area contributed by atoms with Gasteiger partial charge in [0, 0.05) is 7.05 Å². The molecular formula is C18H25FN2O5S. The normalized spacial score (nSPS) is 16.7. The third kappa shape index (κ3) is 5.04. The van der Waals surface area contributed by atoms with Gasteiger partial charge in [0.2, 0.25) is 15.9 Å². The van der Waals surface area contributed by atoms with Crippen LogP contribution in [0.4, 0.5) is 4.39 Å². The molecule has 1 aliphatic rings. The van der Waals surface area contributed by atoms with E-state index in [1.165, 1.54) is 7.05 Å². The first kappa shape index (κ1) is 21.3. The molecule has 0 saturated heterocycles. The molecule has 2 rings (SSSR count). The van der Waals surface area contributed by atoms with Crippen molar-refractivity contribution in [1.29, 1.82) is 0 Å². The lowest BCUT2D eigenvalue weighted by Gasteiger charge is -2.35. The molecule has 0 unspecified atom stereocenters. The number of rotatable bonds is 7. The fraction of sp³-hybridized carbons (Fsp3) is 0.556. The summed E-state index contributed by atoms with van der Waals surface area (Å²) in [7, 11) is -2.69. The number of hydrogen-bond acceptors (Lipinski definition) is 5. The van der Waals surface area contributed by atoms with Crippen molar-refractivity contribution >= 4 is 21.9 Å². The van der Waals surface area contributed by atoms with Crippen LogP contribution < -0.4 is 5.32 Å². The van der Waals surface area contributed by atoms with Gasteiger partial charge >= 0.3 is 5.97 Å². The monoisotopic (exact) mass is 400 g/mol. The molecule has 150 valence electrons. The van der Waals surface area contributed by atoms with Gasteiger partial charge in [-0.3, -0.25) is 4.79 Å². The van der Waals surface area contributed by atoms with E-state index in [-0.39, 0.29) is 11.5 Å². The van der Waals surface area contributed by atoms with Crippen molar-refractivity contribution in [2.45, 2.75) is 49.5 Å². The van der Waals surface area contributed by atoms with Crippen LogP contribution in [0.15, 0.2) is 29.2 Å². The largest absolute Gasteiger partial charge is 0.464 e. The maximum atomic E-state index is 13.0. The minimum absolute atomic E-state index is 0.114. The Kier molecular flexibility index (Phi) is 6.94. The van der Waals surface area contributed by atoms with Crippen LogP contribution in [-0.4, -0.2) is 50.3 Å². The van der Waals surface area contributed by atoms with Gasteiger partial charge in [-0.15, -0.1) is 0 Å². The van der Waals surface area contributed by atoms with Gasteiger partial charge in [0.25, 0.3) is 0 Å². The average Bonchev–Trinajstić information content (AvgIpc) is 2.62. The highest BCUT2D eigenvalue weighted by Gasteiger charge is 2.42. The van der Waals surface area contributed by atoms with Crippen molar-refractivity contribution in [3.63, 3.8) is 0 Å². The van der Waals surface area contributed by atoms with Crippen LogP contribution in [0, 0.1) is 5.82 Å². The van der Waals surface area contributed by atoms with Crippen LogP contribution >= 0.6 is 0 Å². The number of sulfonamides is 1. The number of benzene rings is 1. The summed E-state index contributed by atoms with van der Waals surface area (Å²) in [6.45, 7) is 1.44. The first-order valence-corrected chi connectivity index (χ1v) is 10.4. The summed E-state index contributed by atoms with van der Waals surface area (Å²) in [5.74, 6) is -1.62. The predicted octanol–water partition coefficient (Wildman–Crippen LogP) is 1.83. The molecule has 1 saturated carbocycles. The van der Waals surface area contributed by atoms with Crippen LogP contribution in [0.25, 0.3) is 0 Å². The van der Waals surface area contributed by atoms with Gasteiger partial charge in [-0.2, -0.15) is 4.31 Å². The first-order valence-electron chi connectivity index (χ1n) is 8.91. The Morgan fingerprint density at radius 1 is 1.19 bits per heavy atom. The van der Waals surface area contributed by atoms with E-state index in [0.29, 0.717) is 12.8 Å². The van der Waals surface area contributed by atoms with Crippen molar-refractivity contribution < 1.29 is 27.1 Å². The third-order valence-corrected chi connectivity index (χ3v) is 6.46. The fourth-order valence-electron chi connectivity index (χ4n) is 3.18. The number of hydrogen-bond donors (Lipinski definition) is 1. The van der Waals surface area contributed by atoms with Crippen LogP contribution in [0.2, 0.25) is 0 Å². The molecule has 0 radical (unpaired) electrons. The SMILES string of the molecule is CCOC(=O)C1(NC(=O)CN(C)S(=O)(=O)c2ccc(F)cc2)CCCCC1. The molecule has 7 nitrogen and oxygen atoms in total. The Labute approximate surface area is 158 Å². The molecule has 0 bridgehead atoms. The summed E-state index contributed by atoms with van der Waals surface area (Å²) in [4.78, 5) is 24.8. The van der Waals surface area contributed by atoms with Gasteiger partial charge in [-0.05, 0) is 44.0 Å². The molecule has 1 N–H and O–H groups in total. The number of amides is 1. The van der Waals surface area contributed by atoms with Crippen molar-refractivity contribution in [2.24, 2.45) is 0 Å². The second-order valence-electron chi connectivity index (χ2n) is 6.63. The fourth-order valence-corrected chi connectivity index (χ4v) is 4.31. The smallest absolute Gasteiger partial charge is 0.331 e. The molecule has 0 aromatic heterocycles. The van der Waals surface area contributed by atoms with Crippen molar-refractivity contribution in [3.05, 3.63) is 30.1 Å². The minimum Gasteiger partial charge on any atom is -0.464 e. The third-order valence-electron chi connectivity index (χ3n) is 4.64. The number of ether oxygens (including phenoxy) is 1. The van der Waals surface area contributed by atoms with Crippen LogP contribution in [-0.2, 0) is 24.3 Å². The van der Waals surface area contributed by atoms with Gasteiger partial charge in [-0.25, -0.2) is 17.6 Å². The number of nitrogens with zero attached hydrogens (tertiary/aromatic N) is 1. The highest BCUT2D eigenvalue weighted by atomic mass is 32.2. The molecule has 27 heavy (non-hydrogen) atoms. The lowest BCUT2D eigenvalue weighted by Crippen LogP contribution is -2.58. The van der Waals surface area contributed by atoms with E-state index in [1.54, 1.807) is 6.92 Å². The molecule has 0 heterocycles. The summed E-state index contributed by atoms with van der Waals surface area (Å²) < 4.78 is 44.0. The van der Waals surface area contributed by atoms with E-state index in [1.807, 2.05) is 0 Å². The van der Waals surface area contributed by atoms with Crippen LogP contribution in [0.3, 0.4) is 0 Å². The Morgan fingerprint density at radius 2 is 1.78 bits per heavy atom. The Morgan fingerprint density at radius 3 is 2.33 bits per heavy atom. The van der Waals surface area contributed by atoms with E-state index >= 15 is 0 Å². The lowest BCUT2D eigenvalue weighted by atomic mass is 9.81. The van der Waals surface area contributed by atoms with E-state index in [9.17, 15) is 22.4 Å². The molecule has 1 aromatic rings. The molecule has 0 aliphatic heterocycles. The summed E-state index contributed by atoms with van der Waals surface area (Å²) >= 11 is 0. The highest BCUT2D eigenvalue weighted by Crippen LogP contribution is 2.29. The number of carbonyl (C=O) groups excluding carboxylic acids is 2. The molecule has 1 aliphatic carbocycles. The highest BCUT2D eigenvalue weighted by molar-refractivity contribution is 7.89. The zero-order chi connectivity index (χ0) is 20.1. The van der Waals surface area contributed by atoms with E-state index in [4.69, 9.17) is 4.74 Å². The molecule has 1 fully saturated rings. The van der Waals surface area contributed by atoms with E-state index in [2.05, 4.69) is 5.32 Å². The standard InChI is InChI=1S/C18H25FN2O5S/c1-3-26-17(23)18(11-5-4-6-12-18)20-16(22)13-21(2)27(24,25)15-9-7-14(19)8-10-15/h7-10H,3-6,11-13H2,1-2H3,(H,20,22).